The van der Waals surface area contributed by atoms with Crippen LogP contribution in [0.2, 0.25) is 0 Å². The van der Waals surface area contributed by atoms with Crippen LogP contribution in [0.3, 0.4) is 0 Å². The molecule has 0 spiro atoms. The average molecular weight is 341 g/mol. The van der Waals surface area contributed by atoms with Crippen molar-refractivity contribution < 1.29 is 27.9 Å². The number of carbonyl (C=O) groups excluding carboxylic acids is 1. The maximum absolute atomic E-state index is 12.7. The van der Waals surface area contributed by atoms with Gasteiger partial charge in [0, 0.05) is 13.1 Å². The lowest BCUT2D eigenvalue weighted by Gasteiger charge is -2.30. The van der Waals surface area contributed by atoms with Gasteiger partial charge in [-0.15, -0.1) is 0 Å². The number of hydrogen-bond acceptors (Lipinski definition) is 5. The molecule has 1 aromatic rings. The van der Waals surface area contributed by atoms with Gasteiger partial charge in [-0.1, -0.05) is 0 Å². The number of hydrogen-bond donors (Lipinski definition) is 1. The van der Waals surface area contributed by atoms with Gasteiger partial charge in [-0.3, -0.25) is 4.79 Å². The Kier molecular flexibility index (Phi) is 5.06. The van der Waals surface area contributed by atoms with Crippen LogP contribution in [0, 0.1) is 12.8 Å². The van der Waals surface area contributed by atoms with Crippen LogP contribution >= 0.6 is 0 Å². The highest BCUT2D eigenvalue weighted by Gasteiger charge is 2.33. The molecule has 0 bridgehead atoms. The number of benzene rings is 1. The summed E-state index contributed by atoms with van der Waals surface area (Å²) in [6.07, 6.45) is 0.983. The first-order chi connectivity index (χ1) is 10.8. The number of carbonyl (C=O) groups is 2. The normalized spacial score (nSPS) is 19.3. The summed E-state index contributed by atoms with van der Waals surface area (Å²) in [5.41, 5.74) is 0.790. The number of ether oxygens (including phenoxy) is 1. The molecule has 1 N–H and O–H groups in total. The van der Waals surface area contributed by atoms with E-state index in [9.17, 15) is 18.0 Å². The van der Waals surface area contributed by atoms with Crippen LogP contribution in [-0.4, -0.2) is 50.0 Å². The third-order valence-electron chi connectivity index (χ3n) is 3.97. The molecule has 23 heavy (non-hydrogen) atoms. The zero-order valence-electron chi connectivity index (χ0n) is 13.0. The highest BCUT2D eigenvalue weighted by molar-refractivity contribution is 7.89. The van der Waals surface area contributed by atoms with Crippen LogP contribution in [0.1, 0.15) is 28.8 Å². The highest BCUT2D eigenvalue weighted by atomic mass is 32.2. The Balaban J connectivity index is 2.31. The smallest absolute Gasteiger partial charge is 0.338 e. The standard InChI is InChI=1S/C15H19NO6S/c1-10-8-12(5-6-13(10)15(19)22-2)23(20,21)16-7-3-4-11(9-16)14(17)18/h5-6,8,11H,3-4,7,9H2,1-2H3,(H,17,18). The molecule has 1 saturated heterocycles. The fourth-order valence-electron chi connectivity index (χ4n) is 2.65. The molecule has 1 aromatic carbocycles. The van der Waals surface area contributed by atoms with E-state index in [1.54, 1.807) is 6.92 Å². The Morgan fingerprint density at radius 2 is 2.04 bits per heavy atom. The molecular formula is C15H19NO6S. The Morgan fingerprint density at radius 1 is 1.35 bits per heavy atom. The lowest BCUT2D eigenvalue weighted by atomic mass is 10.0. The van der Waals surface area contributed by atoms with E-state index in [1.807, 2.05) is 0 Å². The Bertz CT molecular complexity index is 727. The van der Waals surface area contributed by atoms with Crippen molar-refractivity contribution in [1.82, 2.24) is 4.31 Å². The van der Waals surface area contributed by atoms with Crippen LogP contribution in [0.25, 0.3) is 0 Å². The van der Waals surface area contributed by atoms with Crippen LogP contribution in [0.4, 0.5) is 0 Å². The van der Waals surface area contributed by atoms with Gasteiger partial charge in [0.25, 0.3) is 0 Å². The fraction of sp³-hybridized carbons (Fsp3) is 0.467. The summed E-state index contributed by atoms with van der Waals surface area (Å²) in [6, 6.07) is 4.16. The first-order valence-electron chi connectivity index (χ1n) is 7.19. The lowest BCUT2D eigenvalue weighted by Crippen LogP contribution is -2.42. The zero-order chi connectivity index (χ0) is 17.2. The largest absolute Gasteiger partial charge is 0.481 e. The summed E-state index contributed by atoms with van der Waals surface area (Å²) in [4.78, 5) is 22.7. The summed E-state index contributed by atoms with van der Waals surface area (Å²) in [6.45, 7) is 1.89. The molecule has 7 nitrogen and oxygen atoms in total. The number of sulfonamides is 1. The van der Waals surface area contributed by atoms with E-state index in [-0.39, 0.29) is 11.4 Å². The molecule has 1 aliphatic heterocycles. The van der Waals surface area contributed by atoms with E-state index in [4.69, 9.17) is 5.11 Å². The number of aliphatic carboxylic acids is 1. The van der Waals surface area contributed by atoms with Crippen LogP contribution in [0.5, 0.6) is 0 Å². The molecule has 126 valence electrons. The molecule has 8 heteroatoms. The van der Waals surface area contributed by atoms with E-state index in [0.717, 1.165) is 0 Å². The minimum absolute atomic E-state index is 0.0323. The maximum Gasteiger partial charge on any atom is 0.338 e. The maximum atomic E-state index is 12.7. The van der Waals surface area contributed by atoms with Gasteiger partial charge in [0.15, 0.2) is 0 Å². The summed E-state index contributed by atoms with van der Waals surface area (Å²) in [5.74, 6) is -2.20. The second kappa shape index (κ2) is 6.67. The quantitative estimate of drug-likeness (QED) is 0.828. The summed E-state index contributed by atoms with van der Waals surface area (Å²) < 4.78 is 31.2. The van der Waals surface area contributed by atoms with E-state index in [1.165, 1.54) is 29.6 Å². The fourth-order valence-corrected chi connectivity index (χ4v) is 4.26. The molecule has 1 aliphatic rings. The SMILES string of the molecule is COC(=O)c1ccc(S(=O)(=O)N2CCCC(C(=O)O)C2)cc1C. The Labute approximate surface area is 134 Å². The average Bonchev–Trinajstić information content (AvgIpc) is 2.54. The molecule has 0 aliphatic carbocycles. The molecule has 1 heterocycles. The van der Waals surface area contributed by atoms with E-state index >= 15 is 0 Å². The number of methoxy groups -OCH3 is 1. The molecule has 0 amide bonds. The molecule has 1 fully saturated rings. The van der Waals surface area contributed by atoms with Crippen molar-refractivity contribution in [1.29, 1.82) is 0 Å². The van der Waals surface area contributed by atoms with Crippen molar-refractivity contribution in [2.24, 2.45) is 5.92 Å². The van der Waals surface area contributed by atoms with Crippen LogP contribution in [0.15, 0.2) is 23.1 Å². The number of esters is 1. The van der Waals surface area contributed by atoms with Gasteiger partial charge in [0.2, 0.25) is 10.0 Å². The predicted octanol–water partition coefficient (Wildman–Crippen LogP) is 1.27. The minimum atomic E-state index is -3.78. The van der Waals surface area contributed by atoms with Gasteiger partial charge in [-0.05, 0) is 43.5 Å². The Hall–Kier alpha value is -1.93. The molecule has 0 radical (unpaired) electrons. The van der Waals surface area contributed by atoms with Crippen LogP contribution in [-0.2, 0) is 19.6 Å². The minimum Gasteiger partial charge on any atom is -0.481 e. The third-order valence-corrected chi connectivity index (χ3v) is 5.84. The van der Waals surface area contributed by atoms with Crippen molar-refractivity contribution in [2.75, 3.05) is 20.2 Å². The second-order valence-corrected chi connectivity index (χ2v) is 7.45. The number of piperidine rings is 1. The van der Waals surface area contributed by atoms with Gasteiger partial charge < -0.3 is 9.84 Å². The van der Waals surface area contributed by atoms with E-state index in [0.29, 0.717) is 30.5 Å². The van der Waals surface area contributed by atoms with Crippen LogP contribution < -0.4 is 0 Å². The number of rotatable bonds is 4. The molecule has 1 unspecified atom stereocenters. The van der Waals surface area contributed by atoms with Gasteiger partial charge >= 0.3 is 11.9 Å². The van der Waals surface area contributed by atoms with Crippen molar-refractivity contribution in [2.45, 2.75) is 24.7 Å². The summed E-state index contributed by atoms with van der Waals surface area (Å²) >= 11 is 0. The van der Waals surface area contributed by atoms with Gasteiger partial charge in [0.1, 0.15) is 0 Å². The predicted molar refractivity (Wildman–Crippen MR) is 81.6 cm³/mol. The number of carboxylic acids is 1. The van der Waals surface area contributed by atoms with Gasteiger partial charge in [-0.2, -0.15) is 4.31 Å². The van der Waals surface area contributed by atoms with Crippen molar-refractivity contribution in [3.8, 4) is 0 Å². The number of aryl methyl sites for hydroxylation is 1. The molecule has 1 atom stereocenters. The third kappa shape index (κ3) is 3.53. The lowest BCUT2D eigenvalue weighted by molar-refractivity contribution is -0.142. The van der Waals surface area contributed by atoms with E-state index < -0.39 is 27.9 Å². The van der Waals surface area contributed by atoms with Gasteiger partial charge in [0.05, 0.1) is 23.5 Å². The number of carboxylic acid groups (broad SMARTS) is 1. The monoisotopic (exact) mass is 341 g/mol. The summed E-state index contributed by atoms with van der Waals surface area (Å²) in [7, 11) is -2.53. The van der Waals surface area contributed by atoms with Crippen molar-refractivity contribution >= 4 is 22.0 Å². The molecule has 0 aromatic heterocycles. The zero-order valence-corrected chi connectivity index (χ0v) is 13.8. The first kappa shape index (κ1) is 17.4. The molecular weight excluding hydrogens is 322 g/mol. The second-order valence-electron chi connectivity index (χ2n) is 5.51. The van der Waals surface area contributed by atoms with Crippen molar-refractivity contribution in [3.05, 3.63) is 29.3 Å². The number of nitrogens with zero attached hydrogens (tertiary/aromatic N) is 1. The topological polar surface area (TPSA) is 101 Å². The van der Waals surface area contributed by atoms with E-state index in [2.05, 4.69) is 4.74 Å². The highest BCUT2D eigenvalue weighted by Crippen LogP contribution is 2.25. The first-order valence-corrected chi connectivity index (χ1v) is 8.63. The Morgan fingerprint density at radius 3 is 2.61 bits per heavy atom. The van der Waals surface area contributed by atoms with Gasteiger partial charge in [-0.25, -0.2) is 13.2 Å². The van der Waals surface area contributed by atoms with Crippen molar-refractivity contribution in [3.63, 3.8) is 0 Å². The summed E-state index contributed by atoms with van der Waals surface area (Å²) in [5, 5.41) is 9.09. The molecule has 0 saturated carbocycles. The molecule has 2 rings (SSSR count).